The molecule has 9 heteroatoms. The highest BCUT2D eigenvalue weighted by Crippen LogP contribution is 2.31. The normalized spacial score (nSPS) is 10.4. The minimum Gasteiger partial charge on any atom is -0.224 e. The molecule has 2 rings (SSSR count). The van der Waals surface area contributed by atoms with Crippen LogP contribution in [0.5, 0.6) is 0 Å². The van der Waals surface area contributed by atoms with Crippen LogP contribution in [0.3, 0.4) is 0 Å². The summed E-state index contributed by atoms with van der Waals surface area (Å²) >= 11 is 7.45. The van der Waals surface area contributed by atoms with Gasteiger partial charge in [-0.1, -0.05) is 38.1 Å². The maximum absolute atomic E-state index is 12.4. The molecule has 0 saturated carbocycles. The largest absolute Gasteiger partial charge is 0.263 e. The lowest BCUT2D eigenvalue weighted by atomic mass is 10.1. The van der Waals surface area contributed by atoms with Crippen molar-refractivity contribution >= 4 is 44.7 Å². The highest BCUT2D eigenvalue weighted by Gasteiger charge is 2.12. The zero-order valence-electron chi connectivity index (χ0n) is 11.9. The van der Waals surface area contributed by atoms with Crippen LogP contribution in [0.4, 0.5) is 8.78 Å². The molecule has 0 unspecified atom stereocenters. The fourth-order valence-electron chi connectivity index (χ4n) is 1.42. The molecule has 2 aromatic rings. The van der Waals surface area contributed by atoms with Gasteiger partial charge in [-0.25, -0.2) is 22.3 Å². The minimum atomic E-state index is -3.71. The summed E-state index contributed by atoms with van der Waals surface area (Å²) in [6.45, 7) is 4.00. The van der Waals surface area contributed by atoms with E-state index in [1.807, 2.05) is 13.8 Å². The second-order valence-corrected chi connectivity index (χ2v) is 6.46. The van der Waals surface area contributed by atoms with Gasteiger partial charge in [0.05, 0.1) is 0 Å². The summed E-state index contributed by atoms with van der Waals surface area (Å²) in [5.41, 5.74) is 0.612. The van der Waals surface area contributed by atoms with Crippen molar-refractivity contribution in [1.82, 2.24) is 0 Å². The average molecular weight is 386 g/mol. The summed E-state index contributed by atoms with van der Waals surface area (Å²) in [6, 6.07) is 8.69. The van der Waals surface area contributed by atoms with E-state index >= 15 is 0 Å². The van der Waals surface area contributed by atoms with Crippen molar-refractivity contribution in [3.63, 3.8) is 0 Å². The Morgan fingerprint density at radius 2 is 1.55 bits per heavy atom. The lowest BCUT2D eigenvalue weighted by Crippen LogP contribution is -2.09. The maximum Gasteiger partial charge on any atom is 0.263 e. The van der Waals surface area contributed by atoms with Crippen LogP contribution in [0.15, 0.2) is 40.6 Å². The second kappa shape index (κ2) is 10.2. The lowest BCUT2D eigenvalue weighted by molar-refractivity contribution is 0.151. The predicted molar refractivity (Wildman–Crippen MR) is 95.4 cm³/mol. The Hall–Kier alpha value is -0.610. The monoisotopic (exact) mass is 385 g/mol. The number of rotatable bonds is 3. The quantitative estimate of drug-likeness (QED) is 0.526. The summed E-state index contributed by atoms with van der Waals surface area (Å²) < 4.78 is 47.0. The molecule has 1 aromatic heterocycles. The molecule has 3 nitrogen and oxygen atoms in total. The van der Waals surface area contributed by atoms with Gasteiger partial charge in [-0.3, -0.25) is 0 Å². The number of hydrogen-bond acceptors (Lipinski definition) is 5. The van der Waals surface area contributed by atoms with Crippen LogP contribution in [-0.2, 0) is 10.0 Å². The Labute approximate surface area is 143 Å². The van der Waals surface area contributed by atoms with Crippen LogP contribution in [0.2, 0.25) is 0 Å². The first-order valence-electron chi connectivity index (χ1n) is 6.09. The molecule has 0 radical (unpaired) electrons. The van der Waals surface area contributed by atoms with E-state index < -0.39 is 16.4 Å². The van der Waals surface area contributed by atoms with Crippen LogP contribution in [0.1, 0.15) is 25.8 Å². The van der Waals surface area contributed by atoms with Gasteiger partial charge in [0, 0.05) is 10.4 Å². The maximum atomic E-state index is 12.4. The fourth-order valence-corrected chi connectivity index (χ4v) is 3.16. The highest BCUT2D eigenvalue weighted by atomic mass is 33.1. The number of thiol groups is 2. The number of hydrogen-bond donors (Lipinski definition) is 3. The number of halogens is 2. The predicted octanol–water partition coefficient (Wildman–Crippen LogP) is 4.79. The van der Waals surface area contributed by atoms with E-state index in [1.165, 1.54) is 30.3 Å². The van der Waals surface area contributed by atoms with Crippen molar-refractivity contribution < 1.29 is 17.2 Å². The smallest absolute Gasteiger partial charge is 0.224 e. The third-order valence-corrected chi connectivity index (χ3v) is 4.88. The molecular weight excluding hydrogens is 368 g/mol. The average Bonchev–Trinajstić information content (AvgIpc) is 3.01. The summed E-state index contributed by atoms with van der Waals surface area (Å²) in [4.78, 5) is 0.667. The van der Waals surface area contributed by atoms with E-state index in [9.17, 15) is 17.2 Å². The SMILES string of the molecule is CC.NS(=O)(=O)c1ccc(-c2ccc(C(F)F)cc2)s1.SS. The molecule has 0 saturated heterocycles. The number of sulfonamides is 1. The Kier molecular flexibility index (Phi) is 9.94. The summed E-state index contributed by atoms with van der Waals surface area (Å²) in [6.07, 6.45) is -2.51. The molecule has 0 aliphatic rings. The van der Waals surface area contributed by atoms with Gasteiger partial charge in [0.15, 0.2) is 0 Å². The van der Waals surface area contributed by atoms with E-state index in [4.69, 9.17) is 5.14 Å². The number of benzene rings is 1. The van der Waals surface area contributed by atoms with Gasteiger partial charge in [-0.15, -0.1) is 34.7 Å². The van der Waals surface area contributed by atoms with Crippen molar-refractivity contribution in [2.75, 3.05) is 0 Å². The van der Waals surface area contributed by atoms with E-state index in [0.717, 1.165) is 11.3 Å². The van der Waals surface area contributed by atoms with Crippen molar-refractivity contribution in [3.05, 3.63) is 42.0 Å². The molecule has 1 aromatic carbocycles. The van der Waals surface area contributed by atoms with Gasteiger partial charge in [-0.2, -0.15) is 0 Å². The van der Waals surface area contributed by atoms with Crippen LogP contribution < -0.4 is 5.14 Å². The molecular formula is C13H17F2NO2S4. The molecule has 0 fully saturated rings. The third kappa shape index (κ3) is 6.25. The van der Waals surface area contributed by atoms with Crippen LogP contribution in [0, 0.1) is 0 Å². The first-order valence-corrected chi connectivity index (χ1v) is 10.1. The Morgan fingerprint density at radius 1 is 1.05 bits per heavy atom. The first-order chi connectivity index (χ1) is 10.4. The van der Waals surface area contributed by atoms with Gasteiger partial charge in [0.2, 0.25) is 10.0 Å². The Balaban J connectivity index is 0.00000102. The zero-order valence-corrected chi connectivity index (χ0v) is 15.3. The summed E-state index contributed by atoms with van der Waals surface area (Å²) in [7, 11) is -3.71. The minimum absolute atomic E-state index is 0.0513. The lowest BCUT2D eigenvalue weighted by Gasteiger charge is -2.01. The van der Waals surface area contributed by atoms with Crippen LogP contribution in [-0.4, -0.2) is 8.42 Å². The molecule has 0 atom stereocenters. The van der Waals surface area contributed by atoms with Crippen molar-refractivity contribution in [2.45, 2.75) is 24.5 Å². The standard InChI is InChI=1S/C11H9F2NO2S2.C2H6.H2S2/c12-11(13)8-3-1-7(2-4-8)9-5-6-10(17-9)18(14,15)16;2*1-2/h1-6,11H,(H2,14,15,16);1-2H3;1-2H. The Morgan fingerprint density at radius 3 is 1.91 bits per heavy atom. The van der Waals surface area contributed by atoms with E-state index in [-0.39, 0.29) is 9.77 Å². The van der Waals surface area contributed by atoms with Gasteiger partial charge in [0.1, 0.15) is 4.21 Å². The van der Waals surface area contributed by atoms with Gasteiger partial charge in [0.25, 0.3) is 6.43 Å². The van der Waals surface area contributed by atoms with Crippen LogP contribution >= 0.6 is 34.7 Å². The molecule has 22 heavy (non-hydrogen) atoms. The topological polar surface area (TPSA) is 60.2 Å². The molecule has 0 bridgehead atoms. The number of thiophene rings is 1. The Bertz CT molecular complexity index is 655. The number of primary sulfonamides is 1. The number of alkyl halides is 2. The summed E-state index contributed by atoms with van der Waals surface area (Å²) in [5.74, 6) is 0. The van der Waals surface area contributed by atoms with Crippen molar-refractivity contribution in [2.24, 2.45) is 5.14 Å². The highest BCUT2D eigenvalue weighted by molar-refractivity contribution is 8.59. The zero-order chi connectivity index (χ0) is 17.3. The van der Waals surface area contributed by atoms with Crippen molar-refractivity contribution in [1.29, 1.82) is 0 Å². The van der Waals surface area contributed by atoms with Crippen LogP contribution in [0.25, 0.3) is 10.4 Å². The van der Waals surface area contributed by atoms with E-state index in [0.29, 0.717) is 10.4 Å². The molecule has 0 aliphatic heterocycles. The van der Waals surface area contributed by atoms with Gasteiger partial charge < -0.3 is 0 Å². The first kappa shape index (κ1) is 21.4. The second-order valence-electron chi connectivity index (χ2n) is 3.59. The third-order valence-electron chi connectivity index (χ3n) is 2.31. The molecule has 1 heterocycles. The van der Waals surface area contributed by atoms with E-state index in [1.54, 1.807) is 6.07 Å². The number of nitrogens with two attached hydrogens (primary N) is 1. The molecule has 124 valence electrons. The summed E-state index contributed by atoms with van der Waals surface area (Å²) in [5, 5.41) is 5.00. The molecule has 0 spiro atoms. The molecule has 2 N–H and O–H groups in total. The van der Waals surface area contributed by atoms with Gasteiger partial charge >= 0.3 is 0 Å². The van der Waals surface area contributed by atoms with Gasteiger partial charge in [-0.05, 0) is 17.7 Å². The molecule has 0 aliphatic carbocycles. The molecule has 0 amide bonds. The van der Waals surface area contributed by atoms with Crippen molar-refractivity contribution in [3.8, 4) is 10.4 Å². The fraction of sp³-hybridized carbons (Fsp3) is 0.231. The van der Waals surface area contributed by atoms with E-state index in [2.05, 4.69) is 23.3 Å².